The van der Waals surface area contributed by atoms with Gasteiger partial charge in [-0.3, -0.25) is 4.79 Å². The third-order valence-electron chi connectivity index (χ3n) is 4.94. The Morgan fingerprint density at radius 2 is 1.89 bits per heavy atom. The van der Waals surface area contributed by atoms with Gasteiger partial charge in [0.15, 0.2) is 5.82 Å². The molecule has 1 aliphatic rings. The largest absolute Gasteiger partial charge is 0.467 e. The van der Waals surface area contributed by atoms with E-state index >= 15 is 0 Å². The molecule has 0 atom stereocenters. The quantitative estimate of drug-likeness (QED) is 0.669. The summed E-state index contributed by atoms with van der Waals surface area (Å²) in [6.07, 6.45) is 2.84. The highest BCUT2D eigenvalue weighted by Crippen LogP contribution is 2.31. The molecule has 2 heterocycles. The van der Waals surface area contributed by atoms with Gasteiger partial charge in [0.05, 0.1) is 17.7 Å². The molecule has 8 heteroatoms. The molecule has 144 valence electrons. The number of hydrogen-bond acceptors (Lipinski definition) is 6. The number of rotatable bonds is 5. The first-order valence-corrected chi connectivity index (χ1v) is 9.98. The van der Waals surface area contributed by atoms with Gasteiger partial charge in [-0.25, -0.2) is 14.5 Å². The fourth-order valence-electron chi connectivity index (χ4n) is 3.55. The van der Waals surface area contributed by atoms with Crippen molar-refractivity contribution in [3.8, 4) is 16.4 Å². The topological polar surface area (TPSA) is 86.1 Å². The van der Waals surface area contributed by atoms with Gasteiger partial charge in [0.2, 0.25) is 5.82 Å². The molecule has 4 rings (SSSR count). The van der Waals surface area contributed by atoms with Gasteiger partial charge in [-0.1, -0.05) is 37.1 Å². The predicted molar refractivity (Wildman–Crippen MR) is 105 cm³/mol. The van der Waals surface area contributed by atoms with Crippen LogP contribution in [0, 0.1) is 0 Å². The van der Waals surface area contributed by atoms with Crippen LogP contribution < -0.4 is 5.32 Å². The minimum Gasteiger partial charge on any atom is -0.467 e. The number of nitrogens with one attached hydrogen (secondary N) is 1. The van der Waals surface area contributed by atoms with Crippen LogP contribution in [0.3, 0.4) is 0 Å². The first kappa shape index (κ1) is 18.4. The third-order valence-corrected chi connectivity index (χ3v) is 5.80. The second-order valence-corrected chi connectivity index (χ2v) is 7.67. The van der Waals surface area contributed by atoms with Gasteiger partial charge in [0.1, 0.15) is 5.54 Å². The molecular formula is C20H20N4O3S. The van der Waals surface area contributed by atoms with E-state index in [0.717, 1.165) is 23.4 Å². The monoisotopic (exact) mass is 396 g/mol. The molecule has 1 aliphatic carbocycles. The number of esters is 1. The predicted octanol–water partition coefficient (Wildman–Crippen LogP) is 3.21. The van der Waals surface area contributed by atoms with E-state index in [0.29, 0.717) is 18.7 Å². The van der Waals surface area contributed by atoms with Crippen molar-refractivity contribution in [1.29, 1.82) is 0 Å². The number of hydrogen-bond donors (Lipinski definition) is 1. The maximum absolute atomic E-state index is 12.9. The van der Waals surface area contributed by atoms with E-state index in [9.17, 15) is 9.59 Å². The lowest BCUT2D eigenvalue weighted by Crippen LogP contribution is -2.53. The van der Waals surface area contributed by atoms with Crippen molar-refractivity contribution in [3.05, 3.63) is 53.7 Å². The van der Waals surface area contributed by atoms with E-state index in [1.54, 1.807) is 4.68 Å². The van der Waals surface area contributed by atoms with E-state index in [-0.39, 0.29) is 5.82 Å². The Labute approximate surface area is 166 Å². The van der Waals surface area contributed by atoms with E-state index < -0.39 is 17.4 Å². The average molecular weight is 396 g/mol. The summed E-state index contributed by atoms with van der Waals surface area (Å²) in [5.74, 6) is -0.272. The Balaban J connectivity index is 1.70. The SMILES string of the molecule is COC(=O)C1(NC(=O)c2nc(-c3cccs3)n(-c3ccccc3)n2)CCCC1. The minimum absolute atomic E-state index is 0.0300. The smallest absolute Gasteiger partial charge is 0.331 e. The van der Waals surface area contributed by atoms with Crippen LogP contribution in [-0.2, 0) is 9.53 Å². The molecule has 28 heavy (non-hydrogen) atoms. The molecule has 1 amide bonds. The van der Waals surface area contributed by atoms with Crippen molar-refractivity contribution in [1.82, 2.24) is 20.1 Å². The van der Waals surface area contributed by atoms with E-state index in [1.165, 1.54) is 18.4 Å². The number of nitrogens with zero attached hydrogens (tertiary/aromatic N) is 3. The molecule has 0 aliphatic heterocycles. The number of carbonyl (C=O) groups excluding carboxylic acids is 2. The van der Waals surface area contributed by atoms with Crippen molar-refractivity contribution in [2.24, 2.45) is 0 Å². The maximum Gasteiger partial charge on any atom is 0.331 e. The molecular weight excluding hydrogens is 376 g/mol. The summed E-state index contributed by atoms with van der Waals surface area (Å²) < 4.78 is 6.59. The van der Waals surface area contributed by atoms with Crippen molar-refractivity contribution in [2.45, 2.75) is 31.2 Å². The Morgan fingerprint density at radius 3 is 2.54 bits per heavy atom. The summed E-state index contributed by atoms with van der Waals surface area (Å²) in [5.41, 5.74) is -0.186. The first-order valence-electron chi connectivity index (χ1n) is 9.10. The number of para-hydroxylation sites is 1. The highest BCUT2D eigenvalue weighted by atomic mass is 32.1. The zero-order valence-corrected chi connectivity index (χ0v) is 16.2. The van der Waals surface area contributed by atoms with Gasteiger partial charge in [0.25, 0.3) is 5.91 Å². The van der Waals surface area contributed by atoms with Gasteiger partial charge in [-0.05, 0) is 36.4 Å². The Morgan fingerprint density at radius 1 is 1.14 bits per heavy atom. The molecule has 0 bridgehead atoms. The molecule has 1 N–H and O–H groups in total. The van der Waals surface area contributed by atoms with Crippen LogP contribution in [-0.4, -0.2) is 39.3 Å². The number of aromatic nitrogens is 3. The molecule has 1 aromatic carbocycles. The van der Waals surface area contributed by atoms with Gasteiger partial charge in [0, 0.05) is 0 Å². The Kier molecular flexibility index (Phi) is 4.95. The van der Waals surface area contributed by atoms with Crippen molar-refractivity contribution >= 4 is 23.2 Å². The number of amides is 1. The summed E-state index contributed by atoms with van der Waals surface area (Å²) in [6, 6.07) is 13.4. The zero-order valence-electron chi connectivity index (χ0n) is 15.4. The number of ether oxygens (including phenoxy) is 1. The van der Waals surface area contributed by atoms with Crippen LogP contribution in [0.25, 0.3) is 16.4 Å². The van der Waals surface area contributed by atoms with Crippen molar-refractivity contribution < 1.29 is 14.3 Å². The molecule has 3 aromatic rings. The van der Waals surface area contributed by atoms with Crippen molar-refractivity contribution in [3.63, 3.8) is 0 Å². The molecule has 0 saturated heterocycles. The highest BCUT2D eigenvalue weighted by Gasteiger charge is 2.44. The molecule has 0 spiro atoms. The third kappa shape index (κ3) is 3.31. The zero-order chi connectivity index (χ0) is 19.6. The normalized spacial score (nSPS) is 15.3. The minimum atomic E-state index is -0.993. The van der Waals surface area contributed by atoms with Crippen molar-refractivity contribution in [2.75, 3.05) is 7.11 Å². The molecule has 2 aromatic heterocycles. The summed E-state index contributed by atoms with van der Waals surface area (Å²) in [4.78, 5) is 30.6. The van der Waals surface area contributed by atoms with E-state index in [4.69, 9.17) is 4.74 Å². The summed E-state index contributed by atoms with van der Waals surface area (Å²) in [7, 11) is 1.34. The second kappa shape index (κ2) is 7.55. The van der Waals surface area contributed by atoms with Crippen LogP contribution in [0.5, 0.6) is 0 Å². The van der Waals surface area contributed by atoms with Crippen LogP contribution >= 0.6 is 11.3 Å². The number of methoxy groups -OCH3 is 1. The Bertz CT molecular complexity index is 976. The molecule has 1 fully saturated rings. The molecule has 7 nitrogen and oxygen atoms in total. The first-order chi connectivity index (χ1) is 13.6. The molecule has 1 saturated carbocycles. The molecule has 0 unspecified atom stereocenters. The standard InChI is InChI=1S/C20H20N4O3S/c1-27-19(26)20(11-5-6-12-20)22-18(25)16-21-17(15-10-7-13-28-15)24(23-16)14-8-3-2-4-9-14/h2-4,7-10,13H,5-6,11-12H2,1H3,(H,22,25). The van der Waals surface area contributed by atoms with Crippen LogP contribution in [0.4, 0.5) is 0 Å². The highest BCUT2D eigenvalue weighted by molar-refractivity contribution is 7.13. The summed E-state index contributed by atoms with van der Waals surface area (Å²) >= 11 is 1.52. The van der Waals surface area contributed by atoms with Crippen LogP contribution in [0.2, 0.25) is 0 Å². The fourth-order valence-corrected chi connectivity index (χ4v) is 4.25. The maximum atomic E-state index is 12.9. The van der Waals surface area contributed by atoms with E-state index in [1.807, 2.05) is 47.8 Å². The average Bonchev–Trinajstić information content (AvgIpc) is 3.47. The second-order valence-electron chi connectivity index (χ2n) is 6.72. The lowest BCUT2D eigenvalue weighted by Gasteiger charge is -2.26. The van der Waals surface area contributed by atoms with Gasteiger partial charge in [-0.15, -0.1) is 16.4 Å². The van der Waals surface area contributed by atoms with E-state index in [2.05, 4.69) is 15.4 Å². The number of thiophene rings is 1. The lowest BCUT2D eigenvalue weighted by atomic mass is 9.97. The van der Waals surface area contributed by atoms with Gasteiger partial charge >= 0.3 is 5.97 Å². The fraction of sp³-hybridized carbons (Fsp3) is 0.300. The summed E-state index contributed by atoms with van der Waals surface area (Å²) in [5, 5.41) is 9.24. The van der Waals surface area contributed by atoms with Gasteiger partial charge < -0.3 is 10.1 Å². The van der Waals surface area contributed by atoms with Crippen LogP contribution in [0.1, 0.15) is 36.3 Å². The van der Waals surface area contributed by atoms with Crippen LogP contribution in [0.15, 0.2) is 47.8 Å². The lowest BCUT2D eigenvalue weighted by molar-refractivity contribution is -0.148. The number of carbonyl (C=O) groups is 2. The van der Waals surface area contributed by atoms with Gasteiger partial charge in [-0.2, -0.15) is 0 Å². The Hall–Kier alpha value is -3.00. The summed E-state index contributed by atoms with van der Waals surface area (Å²) in [6.45, 7) is 0. The number of benzene rings is 1. The molecule has 0 radical (unpaired) electrons.